The summed E-state index contributed by atoms with van der Waals surface area (Å²) in [6.45, 7) is 7.12. The molecule has 2 rings (SSSR count). The SMILES string of the molecule is C[C@@H](Oc1ccc(F)cc1)c1nnc(SCC(=O)NC(=O)NC(C)(C)C)o1. The molecule has 2 aromatic rings. The Morgan fingerprint density at radius 2 is 1.93 bits per heavy atom. The number of carbonyl (C=O) groups is 2. The predicted octanol–water partition coefficient (Wildman–Crippen LogP) is 3.07. The van der Waals surface area contributed by atoms with Crippen molar-refractivity contribution >= 4 is 23.7 Å². The average Bonchev–Trinajstić information content (AvgIpc) is 3.02. The Morgan fingerprint density at radius 3 is 2.56 bits per heavy atom. The summed E-state index contributed by atoms with van der Waals surface area (Å²) in [4.78, 5) is 23.4. The molecule has 1 atom stereocenters. The van der Waals surface area contributed by atoms with Gasteiger partial charge in [-0.3, -0.25) is 10.1 Å². The molecule has 0 bridgehead atoms. The van der Waals surface area contributed by atoms with Gasteiger partial charge in [-0.1, -0.05) is 11.8 Å². The van der Waals surface area contributed by atoms with Gasteiger partial charge in [-0.25, -0.2) is 9.18 Å². The van der Waals surface area contributed by atoms with Gasteiger partial charge in [0.1, 0.15) is 11.6 Å². The molecule has 10 heteroatoms. The van der Waals surface area contributed by atoms with Crippen LogP contribution in [0.1, 0.15) is 39.7 Å². The van der Waals surface area contributed by atoms with Crippen LogP contribution in [-0.2, 0) is 4.79 Å². The van der Waals surface area contributed by atoms with Crippen LogP contribution in [0, 0.1) is 5.82 Å². The molecule has 27 heavy (non-hydrogen) atoms. The fourth-order valence-corrected chi connectivity index (χ4v) is 2.44. The van der Waals surface area contributed by atoms with E-state index in [1.807, 2.05) is 0 Å². The van der Waals surface area contributed by atoms with Crippen LogP contribution in [0.5, 0.6) is 5.75 Å². The Morgan fingerprint density at radius 1 is 1.26 bits per heavy atom. The highest BCUT2D eigenvalue weighted by Crippen LogP contribution is 2.24. The van der Waals surface area contributed by atoms with Crippen LogP contribution in [0.15, 0.2) is 33.9 Å². The number of hydrogen-bond acceptors (Lipinski definition) is 7. The standard InChI is InChI=1S/C17H21FN4O4S/c1-10(25-12-7-5-11(18)6-8-12)14-21-22-16(26-14)27-9-13(23)19-15(24)20-17(2,3)4/h5-8,10H,9H2,1-4H3,(H2,19,20,23,24)/t10-/m1/s1. The first-order chi connectivity index (χ1) is 12.6. The van der Waals surface area contributed by atoms with E-state index in [0.717, 1.165) is 11.8 Å². The first-order valence-corrected chi connectivity index (χ1v) is 9.11. The van der Waals surface area contributed by atoms with Gasteiger partial charge in [-0.2, -0.15) is 0 Å². The van der Waals surface area contributed by atoms with E-state index in [-0.39, 0.29) is 22.7 Å². The zero-order chi connectivity index (χ0) is 20.0. The van der Waals surface area contributed by atoms with Gasteiger partial charge in [-0.05, 0) is 52.0 Å². The maximum atomic E-state index is 12.9. The lowest BCUT2D eigenvalue weighted by molar-refractivity contribution is -0.117. The van der Waals surface area contributed by atoms with Crippen LogP contribution in [0.25, 0.3) is 0 Å². The van der Waals surface area contributed by atoms with Gasteiger partial charge in [-0.15, -0.1) is 10.2 Å². The van der Waals surface area contributed by atoms with Crippen molar-refractivity contribution < 1.29 is 23.1 Å². The van der Waals surface area contributed by atoms with E-state index in [2.05, 4.69) is 20.8 Å². The largest absolute Gasteiger partial charge is 0.481 e. The smallest absolute Gasteiger partial charge is 0.321 e. The van der Waals surface area contributed by atoms with Crippen LogP contribution < -0.4 is 15.4 Å². The molecule has 0 unspecified atom stereocenters. The summed E-state index contributed by atoms with van der Waals surface area (Å²) in [6, 6.07) is 4.98. The van der Waals surface area contributed by atoms with Gasteiger partial charge in [0.25, 0.3) is 11.1 Å². The summed E-state index contributed by atoms with van der Waals surface area (Å²) in [5.41, 5.74) is -0.445. The lowest BCUT2D eigenvalue weighted by atomic mass is 10.1. The van der Waals surface area contributed by atoms with E-state index in [1.165, 1.54) is 24.3 Å². The van der Waals surface area contributed by atoms with E-state index >= 15 is 0 Å². The molecule has 0 spiro atoms. The van der Waals surface area contributed by atoms with E-state index in [4.69, 9.17) is 9.15 Å². The Kier molecular flexibility index (Phi) is 6.78. The minimum absolute atomic E-state index is 0.0631. The average molecular weight is 396 g/mol. The zero-order valence-corrected chi connectivity index (χ0v) is 16.2. The Bertz CT molecular complexity index is 789. The Hall–Kier alpha value is -2.62. The molecular weight excluding hydrogens is 375 g/mol. The lowest BCUT2D eigenvalue weighted by Gasteiger charge is -2.20. The number of rotatable bonds is 6. The highest BCUT2D eigenvalue weighted by atomic mass is 32.2. The summed E-state index contributed by atoms with van der Waals surface area (Å²) in [5.74, 6) is -0.238. The van der Waals surface area contributed by atoms with Gasteiger partial charge in [0.05, 0.1) is 5.75 Å². The molecule has 1 aromatic carbocycles. The maximum absolute atomic E-state index is 12.9. The third kappa shape index (κ3) is 7.26. The molecule has 0 saturated carbocycles. The second-order valence-electron chi connectivity index (χ2n) is 6.66. The first-order valence-electron chi connectivity index (χ1n) is 8.13. The fraction of sp³-hybridized carbons (Fsp3) is 0.412. The molecule has 3 amide bonds. The van der Waals surface area contributed by atoms with Gasteiger partial charge in [0, 0.05) is 5.54 Å². The van der Waals surface area contributed by atoms with E-state index < -0.39 is 23.6 Å². The molecule has 0 aliphatic carbocycles. The van der Waals surface area contributed by atoms with Crippen molar-refractivity contribution in [1.82, 2.24) is 20.8 Å². The number of imide groups is 1. The Balaban J connectivity index is 1.82. The second-order valence-corrected chi connectivity index (χ2v) is 7.59. The van der Waals surface area contributed by atoms with Crippen molar-refractivity contribution in [2.45, 2.75) is 44.6 Å². The minimum atomic E-state index is -0.569. The summed E-state index contributed by atoms with van der Waals surface area (Å²) >= 11 is 0.998. The molecular formula is C17H21FN4O4S. The summed E-state index contributed by atoms with van der Waals surface area (Å²) in [5, 5.41) is 12.7. The third-order valence-corrected chi connectivity index (χ3v) is 3.78. The van der Waals surface area contributed by atoms with Crippen molar-refractivity contribution in [3.63, 3.8) is 0 Å². The summed E-state index contributed by atoms with van der Waals surface area (Å²) in [7, 11) is 0. The number of amides is 3. The third-order valence-electron chi connectivity index (χ3n) is 2.96. The number of urea groups is 1. The van der Waals surface area contributed by atoms with E-state index in [1.54, 1.807) is 27.7 Å². The number of ether oxygens (including phenoxy) is 1. The van der Waals surface area contributed by atoms with Crippen molar-refractivity contribution in [3.05, 3.63) is 36.0 Å². The molecule has 0 aliphatic rings. The van der Waals surface area contributed by atoms with Crippen molar-refractivity contribution in [1.29, 1.82) is 0 Å². The molecule has 1 heterocycles. The molecule has 1 aromatic heterocycles. The zero-order valence-electron chi connectivity index (χ0n) is 15.4. The fourth-order valence-electron chi connectivity index (χ4n) is 1.87. The van der Waals surface area contributed by atoms with Crippen LogP contribution >= 0.6 is 11.8 Å². The van der Waals surface area contributed by atoms with E-state index in [0.29, 0.717) is 5.75 Å². The number of carbonyl (C=O) groups excluding carboxylic acids is 2. The second kappa shape index (κ2) is 8.85. The first kappa shape index (κ1) is 20.7. The molecule has 0 saturated heterocycles. The lowest BCUT2D eigenvalue weighted by Crippen LogP contribution is -2.48. The maximum Gasteiger partial charge on any atom is 0.321 e. The molecule has 146 valence electrons. The number of benzene rings is 1. The molecule has 0 aliphatic heterocycles. The monoisotopic (exact) mass is 396 g/mol. The number of halogens is 1. The summed E-state index contributed by atoms with van der Waals surface area (Å²) < 4.78 is 23.9. The number of hydrogen-bond donors (Lipinski definition) is 2. The van der Waals surface area contributed by atoms with Crippen LogP contribution in [0.4, 0.5) is 9.18 Å². The Labute approximate surface area is 160 Å². The van der Waals surface area contributed by atoms with Crippen molar-refractivity contribution in [2.75, 3.05) is 5.75 Å². The summed E-state index contributed by atoms with van der Waals surface area (Å²) in [6.07, 6.45) is -0.552. The van der Waals surface area contributed by atoms with Gasteiger partial charge >= 0.3 is 6.03 Å². The molecule has 2 N–H and O–H groups in total. The van der Waals surface area contributed by atoms with Crippen LogP contribution in [0.3, 0.4) is 0 Å². The highest BCUT2D eigenvalue weighted by Gasteiger charge is 2.19. The number of thioether (sulfide) groups is 1. The molecule has 8 nitrogen and oxygen atoms in total. The quantitative estimate of drug-likeness (QED) is 0.723. The van der Waals surface area contributed by atoms with Crippen LogP contribution in [0.2, 0.25) is 0 Å². The molecule has 0 radical (unpaired) electrons. The highest BCUT2D eigenvalue weighted by molar-refractivity contribution is 7.99. The van der Waals surface area contributed by atoms with E-state index in [9.17, 15) is 14.0 Å². The number of aromatic nitrogens is 2. The van der Waals surface area contributed by atoms with Crippen molar-refractivity contribution in [2.24, 2.45) is 0 Å². The van der Waals surface area contributed by atoms with Gasteiger partial charge < -0.3 is 14.5 Å². The minimum Gasteiger partial charge on any atom is -0.481 e. The van der Waals surface area contributed by atoms with Gasteiger partial charge in [0.15, 0.2) is 6.10 Å². The molecule has 0 fully saturated rings. The number of nitrogens with zero attached hydrogens (tertiary/aromatic N) is 2. The predicted molar refractivity (Wildman–Crippen MR) is 96.9 cm³/mol. The van der Waals surface area contributed by atoms with Crippen LogP contribution in [-0.4, -0.2) is 33.4 Å². The number of nitrogens with one attached hydrogen (secondary N) is 2. The van der Waals surface area contributed by atoms with Gasteiger partial charge in [0.2, 0.25) is 5.91 Å². The topological polar surface area (TPSA) is 106 Å². The van der Waals surface area contributed by atoms with Crippen molar-refractivity contribution in [3.8, 4) is 5.75 Å². The normalized spacial score (nSPS) is 12.3.